The van der Waals surface area contributed by atoms with E-state index >= 15 is 0 Å². The molecule has 10 heteroatoms. The zero-order valence-electron chi connectivity index (χ0n) is 20.3. The van der Waals surface area contributed by atoms with Gasteiger partial charge in [-0.05, 0) is 11.1 Å². The van der Waals surface area contributed by atoms with Gasteiger partial charge in [0.1, 0.15) is 0 Å². The Bertz CT molecular complexity index is 794. The Hall–Kier alpha value is -3.02. The summed E-state index contributed by atoms with van der Waals surface area (Å²) >= 11 is 0. The van der Waals surface area contributed by atoms with Crippen LogP contribution in [0.4, 0.5) is 9.59 Å². The number of nitrogens with zero attached hydrogens (tertiary/aromatic N) is 1. The van der Waals surface area contributed by atoms with Crippen molar-refractivity contribution < 1.29 is 43.5 Å². The minimum absolute atomic E-state index is 0.0242. The Morgan fingerprint density at radius 3 is 1.58 bits per heavy atom. The highest BCUT2D eigenvalue weighted by atomic mass is 16.6. The van der Waals surface area contributed by atoms with Crippen molar-refractivity contribution in [2.45, 2.75) is 19.1 Å². The summed E-state index contributed by atoms with van der Waals surface area (Å²) in [6.45, 7) is 0.889. The molecule has 0 aromatic heterocycles. The molecule has 0 fully saturated rings. The van der Waals surface area contributed by atoms with Gasteiger partial charge in [0.25, 0.3) is 0 Å². The number of imide groups is 1. The standard InChI is InChI=1S/C26H35NO9/c28-13-16-32-17-18-33-19-20-34-21-24(29)27(25(30)35-14-11-22-7-3-1-4-8-22)26(31)36-15-12-23-9-5-2-6-10-23/h1-10,24,28-29H,11-21H2. The van der Waals surface area contributed by atoms with E-state index < -0.39 is 18.4 Å². The van der Waals surface area contributed by atoms with Gasteiger partial charge in [0.2, 0.25) is 0 Å². The Morgan fingerprint density at radius 1 is 0.667 bits per heavy atom. The number of rotatable bonds is 17. The van der Waals surface area contributed by atoms with Crippen LogP contribution in [0.5, 0.6) is 0 Å². The van der Waals surface area contributed by atoms with Gasteiger partial charge in [0, 0.05) is 12.8 Å². The van der Waals surface area contributed by atoms with Crippen molar-refractivity contribution >= 4 is 12.2 Å². The number of aliphatic hydroxyl groups excluding tert-OH is 2. The highest BCUT2D eigenvalue weighted by Gasteiger charge is 2.31. The monoisotopic (exact) mass is 505 g/mol. The molecule has 2 aromatic carbocycles. The number of carbonyl (C=O) groups is 2. The fourth-order valence-electron chi connectivity index (χ4n) is 3.03. The van der Waals surface area contributed by atoms with E-state index in [1.807, 2.05) is 60.7 Å². The molecule has 36 heavy (non-hydrogen) atoms. The van der Waals surface area contributed by atoms with Crippen molar-refractivity contribution in [3.8, 4) is 0 Å². The molecule has 0 heterocycles. The van der Waals surface area contributed by atoms with Crippen LogP contribution in [0, 0.1) is 0 Å². The summed E-state index contributed by atoms with van der Waals surface area (Å²) in [6.07, 6.45) is -2.75. The first kappa shape index (κ1) is 29.2. The zero-order chi connectivity index (χ0) is 25.8. The van der Waals surface area contributed by atoms with Crippen LogP contribution in [0.15, 0.2) is 60.7 Å². The second-order valence-corrected chi connectivity index (χ2v) is 7.57. The summed E-state index contributed by atoms with van der Waals surface area (Å²) in [6, 6.07) is 18.9. The molecular formula is C26H35NO9. The van der Waals surface area contributed by atoms with Gasteiger partial charge in [-0.15, -0.1) is 0 Å². The van der Waals surface area contributed by atoms with Gasteiger partial charge < -0.3 is 33.9 Å². The van der Waals surface area contributed by atoms with Gasteiger partial charge in [-0.2, -0.15) is 4.90 Å². The van der Waals surface area contributed by atoms with Crippen molar-refractivity contribution in [2.75, 3.05) is 59.5 Å². The molecule has 0 bridgehead atoms. The molecule has 10 nitrogen and oxygen atoms in total. The van der Waals surface area contributed by atoms with Crippen LogP contribution >= 0.6 is 0 Å². The van der Waals surface area contributed by atoms with E-state index in [0.717, 1.165) is 11.1 Å². The highest BCUT2D eigenvalue weighted by molar-refractivity contribution is 5.88. The maximum absolute atomic E-state index is 12.6. The van der Waals surface area contributed by atoms with Crippen LogP contribution in [-0.2, 0) is 36.5 Å². The molecule has 0 aliphatic heterocycles. The highest BCUT2D eigenvalue weighted by Crippen LogP contribution is 2.08. The fraction of sp³-hybridized carbons (Fsp3) is 0.462. The maximum Gasteiger partial charge on any atom is 0.421 e. The predicted molar refractivity (Wildman–Crippen MR) is 130 cm³/mol. The first-order valence-corrected chi connectivity index (χ1v) is 11.8. The lowest BCUT2D eigenvalue weighted by atomic mass is 10.2. The van der Waals surface area contributed by atoms with Crippen LogP contribution in [0.2, 0.25) is 0 Å². The number of hydrogen-bond donors (Lipinski definition) is 2. The van der Waals surface area contributed by atoms with E-state index in [1.165, 1.54) is 0 Å². The summed E-state index contributed by atoms with van der Waals surface area (Å²) in [5.74, 6) is 0. The topological polar surface area (TPSA) is 124 Å². The molecular weight excluding hydrogens is 470 g/mol. The lowest BCUT2D eigenvalue weighted by Crippen LogP contribution is -2.47. The van der Waals surface area contributed by atoms with Crippen LogP contribution in [0.1, 0.15) is 11.1 Å². The summed E-state index contributed by atoms with van der Waals surface area (Å²) in [5, 5.41) is 19.1. The molecule has 2 N–H and O–H groups in total. The van der Waals surface area contributed by atoms with E-state index in [-0.39, 0.29) is 46.2 Å². The molecule has 0 aliphatic rings. The first-order valence-electron chi connectivity index (χ1n) is 11.8. The number of aliphatic hydroxyl groups is 2. The van der Waals surface area contributed by atoms with Crippen LogP contribution in [-0.4, -0.2) is 93.0 Å². The number of hydrogen-bond acceptors (Lipinski definition) is 9. The largest absolute Gasteiger partial charge is 0.449 e. The Balaban J connectivity index is 1.81. The van der Waals surface area contributed by atoms with Crippen LogP contribution in [0.3, 0.4) is 0 Å². The van der Waals surface area contributed by atoms with Gasteiger partial charge in [-0.25, -0.2) is 9.59 Å². The smallest absolute Gasteiger partial charge is 0.421 e. The zero-order valence-corrected chi connectivity index (χ0v) is 20.3. The lowest BCUT2D eigenvalue weighted by Gasteiger charge is -2.25. The summed E-state index contributed by atoms with van der Waals surface area (Å²) < 4.78 is 26.1. The van der Waals surface area contributed by atoms with E-state index in [4.69, 9.17) is 28.8 Å². The van der Waals surface area contributed by atoms with E-state index in [1.54, 1.807) is 0 Å². The molecule has 0 saturated heterocycles. The predicted octanol–water partition coefficient (Wildman–Crippen LogP) is 2.41. The summed E-state index contributed by atoms with van der Waals surface area (Å²) in [4.78, 5) is 25.8. The molecule has 1 unspecified atom stereocenters. The molecule has 0 spiro atoms. The SMILES string of the molecule is O=C(OCCc1ccccc1)N(C(=O)OCCc1ccccc1)C(O)COCCOCCOCCO. The molecule has 2 aromatic rings. The van der Waals surface area contributed by atoms with E-state index in [2.05, 4.69) is 0 Å². The molecule has 1 atom stereocenters. The van der Waals surface area contributed by atoms with Crippen molar-refractivity contribution in [1.29, 1.82) is 0 Å². The minimum atomic E-state index is -1.61. The fourth-order valence-corrected chi connectivity index (χ4v) is 3.03. The van der Waals surface area contributed by atoms with Crippen LogP contribution in [0.25, 0.3) is 0 Å². The second kappa shape index (κ2) is 18.3. The minimum Gasteiger partial charge on any atom is -0.449 e. The van der Waals surface area contributed by atoms with Crippen LogP contribution < -0.4 is 0 Å². The Morgan fingerprint density at radius 2 is 1.11 bits per heavy atom. The van der Waals surface area contributed by atoms with Gasteiger partial charge in [0.05, 0.1) is 59.5 Å². The molecule has 0 saturated carbocycles. The average Bonchev–Trinajstić information content (AvgIpc) is 2.89. The van der Waals surface area contributed by atoms with Crippen molar-refractivity contribution in [3.05, 3.63) is 71.8 Å². The van der Waals surface area contributed by atoms with Gasteiger partial charge in [0.15, 0.2) is 6.23 Å². The summed E-state index contributed by atoms with van der Waals surface area (Å²) in [7, 11) is 0. The Labute approximate surface area is 211 Å². The van der Waals surface area contributed by atoms with Gasteiger partial charge in [-0.1, -0.05) is 60.7 Å². The van der Waals surface area contributed by atoms with Crippen molar-refractivity contribution in [1.82, 2.24) is 4.90 Å². The normalized spacial score (nSPS) is 11.6. The maximum atomic E-state index is 12.6. The van der Waals surface area contributed by atoms with E-state index in [0.29, 0.717) is 31.0 Å². The van der Waals surface area contributed by atoms with Crippen molar-refractivity contribution in [3.63, 3.8) is 0 Å². The third-order valence-corrected chi connectivity index (χ3v) is 4.86. The Kier molecular flexibility index (Phi) is 14.8. The molecule has 198 valence electrons. The first-order chi connectivity index (χ1) is 17.6. The van der Waals surface area contributed by atoms with Crippen molar-refractivity contribution in [2.24, 2.45) is 0 Å². The number of amides is 2. The van der Waals surface area contributed by atoms with E-state index in [9.17, 15) is 14.7 Å². The third-order valence-electron chi connectivity index (χ3n) is 4.86. The van der Waals surface area contributed by atoms with Gasteiger partial charge >= 0.3 is 12.2 Å². The molecule has 2 rings (SSSR count). The number of carbonyl (C=O) groups excluding carboxylic acids is 2. The number of benzene rings is 2. The third kappa shape index (κ3) is 12.1. The quantitative estimate of drug-likeness (QED) is 0.246. The van der Waals surface area contributed by atoms with Gasteiger partial charge in [-0.3, -0.25) is 0 Å². The lowest BCUT2D eigenvalue weighted by molar-refractivity contribution is -0.0595. The number of ether oxygens (including phenoxy) is 5. The average molecular weight is 506 g/mol. The molecule has 2 amide bonds. The second-order valence-electron chi connectivity index (χ2n) is 7.57. The molecule has 0 aliphatic carbocycles. The molecule has 0 radical (unpaired) electrons. The summed E-state index contributed by atoms with van der Waals surface area (Å²) in [5.41, 5.74) is 1.93.